The van der Waals surface area contributed by atoms with E-state index < -0.39 is 0 Å². The second-order valence-electron chi connectivity index (χ2n) is 3.57. The average Bonchev–Trinajstić information content (AvgIpc) is 2.71. The molecule has 5 heteroatoms. The minimum atomic E-state index is 0.296. The van der Waals surface area contributed by atoms with Gasteiger partial charge in [-0.15, -0.1) is 11.3 Å². The monoisotopic (exact) mass is 242 g/mol. The summed E-state index contributed by atoms with van der Waals surface area (Å²) in [5.41, 5.74) is 0. The zero-order chi connectivity index (χ0) is 10.5. The largest absolute Gasteiger partial charge is 0.312 e. The number of thiazole rings is 1. The van der Waals surface area contributed by atoms with Gasteiger partial charge in [-0.25, -0.2) is 4.98 Å². The van der Waals surface area contributed by atoms with Crippen LogP contribution in [0.1, 0.15) is 11.4 Å². The molecule has 15 heavy (non-hydrogen) atoms. The van der Waals surface area contributed by atoms with Crippen molar-refractivity contribution in [2.24, 2.45) is 0 Å². The van der Waals surface area contributed by atoms with Crippen molar-refractivity contribution in [3.05, 3.63) is 16.6 Å². The van der Waals surface area contributed by atoms with Gasteiger partial charge in [-0.2, -0.15) is 11.8 Å². The normalized spacial score (nSPS) is 21.5. The standard InChI is InChI=1S/C10H14N2OS2/c13-9(6-10-12-2-4-15-10)5-8-7-14-3-1-11-8/h2,4,8,11H,1,3,5-7H2. The van der Waals surface area contributed by atoms with E-state index in [-0.39, 0.29) is 0 Å². The molecule has 1 aromatic rings. The number of thioether (sulfide) groups is 1. The van der Waals surface area contributed by atoms with Crippen LogP contribution in [-0.4, -0.2) is 34.9 Å². The maximum absolute atomic E-state index is 11.7. The Balaban J connectivity index is 1.76. The van der Waals surface area contributed by atoms with Crippen molar-refractivity contribution in [1.29, 1.82) is 0 Å². The van der Waals surface area contributed by atoms with E-state index >= 15 is 0 Å². The molecule has 82 valence electrons. The van der Waals surface area contributed by atoms with Crippen molar-refractivity contribution >= 4 is 28.9 Å². The molecule has 2 heterocycles. The highest BCUT2D eigenvalue weighted by Crippen LogP contribution is 2.12. The van der Waals surface area contributed by atoms with Crippen LogP contribution < -0.4 is 5.32 Å². The van der Waals surface area contributed by atoms with E-state index in [2.05, 4.69) is 10.3 Å². The summed E-state index contributed by atoms with van der Waals surface area (Å²) in [6.45, 7) is 1.03. The lowest BCUT2D eigenvalue weighted by atomic mass is 10.1. The Kier molecular flexibility index (Phi) is 4.17. The molecule has 3 nitrogen and oxygen atoms in total. The summed E-state index contributed by atoms with van der Waals surface area (Å²) in [5.74, 6) is 2.52. The molecule has 0 spiro atoms. The Morgan fingerprint density at radius 2 is 2.60 bits per heavy atom. The molecule has 1 fully saturated rings. The van der Waals surface area contributed by atoms with Crippen molar-refractivity contribution in [3.8, 4) is 0 Å². The fourth-order valence-electron chi connectivity index (χ4n) is 1.61. The Morgan fingerprint density at radius 1 is 1.67 bits per heavy atom. The fourth-order valence-corrected chi connectivity index (χ4v) is 3.20. The Hall–Kier alpha value is -0.390. The number of carbonyl (C=O) groups excluding carboxylic acids is 1. The van der Waals surface area contributed by atoms with Crippen molar-refractivity contribution < 1.29 is 4.79 Å². The highest BCUT2D eigenvalue weighted by atomic mass is 32.2. The number of hydrogen-bond donors (Lipinski definition) is 1. The Bertz CT molecular complexity index is 307. The second kappa shape index (κ2) is 5.63. The van der Waals surface area contributed by atoms with E-state index in [0.717, 1.165) is 23.1 Å². The first-order valence-corrected chi connectivity index (χ1v) is 7.09. The summed E-state index contributed by atoms with van der Waals surface area (Å²) >= 11 is 3.48. The van der Waals surface area contributed by atoms with Crippen LogP contribution >= 0.6 is 23.1 Å². The lowest BCUT2D eigenvalue weighted by Gasteiger charge is -2.22. The molecule has 0 amide bonds. The summed E-state index contributed by atoms with van der Waals surface area (Å²) < 4.78 is 0. The minimum absolute atomic E-state index is 0.296. The predicted octanol–water partition coefficient (Wildman–Crippen LogP) is 1.35. The summed E-state index contributed by atoms with van der Waals surface area (Å²) in [7, 11) is 0. The van der Waals surface area contributed by atoms with Gasteiger partial charge in [-0.3, -0.25) is 4.79 Å². The topological polar surface area (TPSA) is 42.0 Å². The van der Waals surface area contributed by atoms with Crippen LogP contribution in [0.3, 0.4) is 0 Å². The summed E-state index contributed by atoms with van der Waals surface area (Å²) in [5, 5.41) is 6.22. The molecule has 1 N–H and O–H groups in total. The number of nitrogens with zero attached hydrogens (tertiary/aromatic N) is 1. The molecular weight excluding hydrogens is 228 g/mol. The molecular formula is C10H14N2OS2. The van der Waals surface area contributed by atoms with Gasteiger partial charge in [0.2, 0.25) is 0 Å². The number of aromatic nitrogens is 1. The van der Waals surface area contributed by atoms with Gasteiger partial charge in [0.05, 0.1) is 11.4 Å². The van der Waals surface area contributed by atoms with E-state index in [9.17, 15) is 4.79 Å². The summed E-state index contributed by atoms with van der Waals surface area (Å²) in [4.78, 5) is 15.8. The highest BCUT2D eigenvalue weighted by molar-refractivity contribution is 7.99. The number of Topliss-reactive ketones (excluding diaryl/α,β-unsaturated/α-hetero) is 1. The lowest BCUT2D eigenvalue weighted by molar-refractivity contribution is -0.118. The SMILES string of the molecule is O=C(Cc1nccs1)CC1CSCCN1. The van der Waals surface area contributed by atoms with Crippen LogP contribution in [0.15, 0.2) is 11.6 Å². The van der Waals surface area contributed by atoms with Gasteiger partial charge in [-0.05, 0) is 0 Å². The van der Waals surface area contributed by atoms with E-state index in [1.807, 2.05) is 17.1 Å². The second-order valence-corrected chi connectivity index (χ2v) is 5.70. The van der Waals surface area contributed by atoms with Crippen LogP contribution in [0, 0.1) is 0 Å². The summed E-state index contributed by atoms with van der Waals surface area (Å²) in [6.07, 6.45) is 2.90. The van der Waals surface area contributed by atoms with Gasteiger partial charge in [0.15, 0.2) is 0 Å². The van der Waals surface area contributed by atoms with Gasteiger partial charge in [0, 0.05) is 42.1 Å². The number of ketones is 1. The molecule has 0 bridgehead atoms. The minimum Gasteiger partial charge on any atom is -0.312 e. The fraction of sp³-hybridized carbons (Fsp3) is 0.600. The maximum atomic E-state index is 11.7. The van der Waals surface area contributed by atoms with Crippen molar-refractivity contribution in [2.45, 2.75) is 18.9 Å². The van der Waals surface area contributed by atoms with E-state index in [1.54, 1.807) is 17.5 Å². The van der Waals surface area contributed by atoms with Crippen molar-refractivity contribution in [1.82, 2.24) is 10.3 Å². The average molecular weight is 242 g/mol. The number of rotatable bonds is 4. The Morgan fingerprint density at radius 3 is 3.27 bits per heavy atom. The predicted molar refractivity (Wildman–Crippen MR) is 64.6 cm³/mol. The maximum Gasteiger partial charge on any atom is 0.141 e. The molecule has 0 radical (unpaired) electrons. The van der Waals surface area contributed by atoms with Gasteiger partial charge < -0.3 is 5.32 Å². The molecule has 0 saturated carbocycles. The molecule has 1 atom stereocenters. The highest BCUT2D eigenvalue weighted by Gasteiger charge is 2.17. The Labute approximate surface area is 97.7 Å². The van der Waals surface area contributed by atoms with Crippen molar-refractivity contribution in [3.63, 3.8) is 0 Å². The third-order valence-corrected chi connectivity index (χ3v) is 4.21. The molecule has 1 aliphatic rings. The van der Waals surface area contributed by atoms with Crippen molar-refractivity contribution in [2.75, 3.05) is 18.1 Å². The number of carbonyl (C=O) groups is 1. The smallest absolute Gasteiger partial charge is 0.141 e. The summed E-state index contributed by atoms with van der Waals surface area (Å²) in [6, 6.07) is 0.371. The first-order valence-electron chi connectivity index (χ1n) is 5.06. The van der Waals surface area contributed by atoms with Gasteiger partial charge >= 0.3 is 0 Å². The molecule has 0 aliphatic carbocycles. The van der Waals surface area contributed by atoms with E-state index in [0.29, 0.717) is 24.7 Å². The molecule has 1 unspecified atom stereocenters. The van der Waals surface area contributed by atoms with Crippen LogP contribution in [0.5, 0.6) is 0 Å². The third kappa shape index (κ3) is 3.59. The third-order valence-electron chi connectivity index (χ3n) is 2.30. The zero-order valence-corrected chi connectivity index (χ0v) is 10.1. The molecule has 1 aromatic heterocycles. The molecule has 0 aromatic carbocycles. The quantitative estimate of drug-likeness (QED) is 0.865. The first-order chi connectivity index (χ1) is 7.34. The van der Waals surface area contributed by atoms with Gasteiger partial charge in [0.25, 0.3) is 0 Å². The molecule has 1 saturated heterocycles. The van der Waals surface area contributed by atoms with E-state index in [4.69, 9.17) is 0 Å². The lowest BCUT2D eigenvalue weighted by Crippen LogP contribution is -2.39. The van der Waals surface area contributed by atoms with E-state index in [1.165, 1.54) is 0 Å². The first kappa shape index (κ1) is 11.1. The van der Waals surface area contributed by atoms with Gasteiger partial charge in [0.1, 0.15) is 5.78 Å². The molecule has 2 rings (SSSR count). The van der Waals surface area contributed by atoms with Crippen LogP contribution in [0.4, 0.5) is 0 Å². The zero-order valence-electron chi connectivity index (χ0n) is 8.44. The van der Waals surface area contributed by atoms with Crippen LogP contribution in [-0.2, 0) is 11.2 Å². The van der Waals surface area contributed by atoms with Crippen LogP contribution in [0.2, 0.25) is 0 Å². The number of hydrogen-bond acceptors (Lipinski definition) is 5. The van der Waals surface area contributed by atoms with Crippen LogP contribution in [0.25, 0.3) is 0 Å². The number of nitrogens with one attached hydrogen (secondary N) is 1. The van der Waals surface area contributed by atoms with Gasteiger partial charge in [-0.1, -0.05) is 0 Å². The molecule has 1 aliphatic heterocycles.